The monoisotopic (exact) mass is 263 g/mol. The lowest BCUT2D eigenvalue weighted by atomic mass is 9.95. The second kappa shape index (κ2) is 5.25. The molecule has 3 rings (SSSR count). The lowest BCUT2D eigenvalue weighted by Gasteiger charge is -2.26. The Labute approximate surface area is 115 Å². The van der Waals surface area contributed by atoms with Crippen LogP contribution >= 0.6 is 0 Å². The summed E-state index contributed by atoms with van der Waals surface area (Å²) in [6, 6.07) is 0.633. The first-order chi connectivity index (χ1) is 9.18. The third kappa shape index (κ3) is 2.32. The molecule has 1 saturated heterocycles. The Hall–Kier alpha value is -0.870. The zero-order valence-corrected chi connectivity index (χ0v) is 12.0. The van der Waals surface area contributed by atoms with Gasteiger partial charge in [-0.2, -0.15) is 0 Å². The number of hydrogen-bond donors (Lipinski definition) is 1. The van der Waals surface area contributed by atoms with Crippen LogP contribution in [0.25, 0.3) is 0 Å². The van der Waals surface area contributed by atoms with Gasteiger partial charge in [-0.3, -0.25) is 0 Å². The second-order valence-corrected chi connectivity index (χ2v) is 6.36. The fourth-order valence-electron chi connectivity index (χ4n) is 3.66. The summed E-state index contributed by atoms with van der Waals surface area (Å²) in [4.78, 5) is 4.36. The first-order valence-electron chi connectivity index (χ1n) is 7.53. The van der Waals surface area contributed by atoms with E-state index in [0.29, 0.717) is 17.9 Å². The summed E-state index contributed by atoms with van der Waals surface area (Å²) >= 11 is 0. The van der Waals surface area contributed by atoms with Gasteiger partial charge in [-0.15, -0.1) is 0 Å². The predicted molar refractivity (Wildman–Crippen MR) is 74.7 cm³/mol. The van der Waals surface area contributed by atoms with Crippen LogP contribution in [0.5, 0.6) is 0 Å². The van der Waals surface area contributed by atoms with E-state index in [1.807, 2.05) is 12.5 Å². The normalized spacial score (nSPS) is 36.8. The molecule has 2 fully saturated rings. The van der Waals surface area contributed by atoms with Gasteiger partial charge in [-0.1, -0.05) is 13.8 Å². The van der Waals surface area contributed by atoms with Crippen molar-refractivity contribution in [1.29, 1.82) is 0 Å². The van der Waals surface area contributed by atoms with Crippen molar-refractivity contribution in [2.24, 2.45) is 23.5 Å². The fourth-order valence-corrected chi connectivity index (χ4v) is 3.66. The standard InChI is InChI=1S/C15H25N3O/c1-10-3-4-13(11(10)2)18-9-17-7-14(18)15(16)12-5-6-19-8-12/h7,9-13,15H,3-6,8,16H2,1-2H3. The molecule has 19 heavy (non-hydrogen) atoms. The molecule has 2 N–H and O–H groups in total. The van der Waals surface area contributed by atoms with E-state index in [2.05, 4.69) is 23.4 Å². The number of imidazole rings is 1. The number of nitrogens with two attached hydrogens (primary N) is 1. The topological polar surface area (TPSA) is 53.1 Å². The Morgan fingerprint density at radius 2 is 2.21 bits per heavy atom. The van der Waals surface area contributed by atoms with E-state index in [4.69, 9.17) is 10.5 Å². The zero-order valence-electron chi connectivity index (χ0n) is 12.0. The minimum absolute atomic E-state index is 0.0631. The predicted octanol–water partition coefficient (Wildman–Crippen LogP) is 2.53. The largest absolute Gasteiger partial charge is 0.381 e. The number of aromatic nitrogens is 2. The van der Waals surface area contributed by atoms with Crippen LogP contribution in [0.15, 0.2) is 12.5 Å². The van der Waals surface area contributed by atoms with E-state index in [-0.39, 0.29) is 6.04 Å². The van der Waals surface area contributed by atoms with Gasteiger partial charge < -0.3 is 15.0 Å². The van der Waals surface area contributed by atoms with E-state index >= 15 is 0 Å². The summed E-state index contributed by atoms with van der Waals surface area (Å²) in [5.74, 6) is 1.95. The molecule has 1 aliphatic heterocycles. The number of hydrogen-bond acceptors (Lipinski definition) is 3. The van der Waals surface area contributed by atoms with Crippen molar-refractivity contribution in [3.63, 3.8) is 0 Å². The zero-order chi connectivity index (χ0) is 13.4. The summed E-state index contributed by atoms with van der Waals surface area (Å²) in [6.45, 7) is 6.36. The van der Waals surface area contributed by atoms with Gasteiger partial charge >= 0.3 is 0 Å². The Morgan fingerprint density at radius 1 is 1.37 bits per heavy atom. The van der Waals surface area contributed by atoms with Gasteiger partial charge in [0.15, 0.2) is 0 Å². The van der Waals surface area contributed by atoms with Gasteiger partial charge in [0.05, 0.1) is 24.7 Å². The lowest BCUT2D eigenvalue weighted by Crippen LogP contribution is -2.26. The molecule has 2 heterocycles. The molecule has 5 unspecified atom stereocenters. The summed E-state index contributed by atoms with van der Waals surface area (Å²) < 4.78 is 7.81. The minimum Gasteiger partial charge on any atom is -0.381 e. The average Bonchev–Trinajstić information content (AvgIpc) is 3.12. The highest BCUT2D eigenvalue weighted by Crippen LogP contribution is 2.41. The molecule has 1 saturated carbocycles. The molecular weight excluding hydrogens is 238 g/mol. The highest BCUT2D eigenvalue weighted by Gasteiger charge is 2.34. The molecule has 5 atom stereocenters. The molecule has 2 aliphatic rings. The molecule has 0 radical (unpaired) electrons. The van der Waals surface area contributed by atoms with Gasteiger partial charge in [0.25, 0.3) is 0 Å². The summed E-state index contributed by atoms with van der Waals surface area (Å²) in [5.41, 5.74) is 7.65. The molecule has 0 spiro atoms. The molecule has 1 aliphatic carbocycles. The molecule has 1 aromatic heterocycles. The van der Waals surface area contributed by atoms with Crippen LogP contribution in [0, 0.1) is 17.8 Å². The van der Waals surface area contributed by atoms with Crippen molar-refractivity contribution >= 4 is 0 Å². The van der Waals surface area contributed by atoms with Crippen molar-refractivity contribution in [2.75, 3.05) is 13.2 Å². The molecule has 0 amide bonds. The first-order valence-corrected chi connectivity index (χ1v) is 7.53. The Balaban J connectivity index is 1.82. The molecular formula is C15H25N3O. The van der Waals surface area contributed by atoms with Crippen molar-refractivity contribution < 1.29 is 4.74 Å². The third-order valence-corrected chi connectivity index (χ3v) is 5.29. The number of rotatable bonds is 3. The van der Waals surface area contributed by atoms with Crippen LogP contribution < -0.4 is 5.73 Å². The van der Waals surface area contributed by atoms with Crippen molar-refractivity contribution in [3.8, 4) is 0 Å². The Bertz CT molecular complexity index is 425. The summed E-state index contributed by atoms with van der Waals surface area (Å²) in [5, 5.41) is 0. The van der Waals surface area contributed by atoms with E-state index in [1.165, 1.54) is 18.5 Å². The maximum atomic E-state index is 6.45. The van der Waals surface area contributed by atoms with Gasteiger partial charge in [-0.25, -0.2) is 4.98 Å². The number of nitrogens with zero attached hydrogens (tertiary/aromatic N) is 2. The van der Waals surface area contributed by atoms with Crippen LogP contribution in [0.2, 0.25) is 0 Å². The van der Waals surface area contributed by atoms with Crippen LogP contribution in [0.4, 0.5) is 0 Å². The molecule has 1 aromatic rings. The van der Waals surface area contributed by atoms with Crippen molar-refractivity contribution in [2.45, 2.75) is 45.2 Å². The third-order valence-electron chi connectivity index (χ3n) is 5.29. The molecule has 0 bridgehead atoms. The van der Waals surface area contributed by atoms with Crippen molar-refractivity contribution in [3.05, 3.63) is 18.2 Å². The van der Waals surface area contributed by atoms with Crippen LogP contribution in [0.3, 0.4) is 0 Å². The van der Waals surface area contributed by atoms with E-state index in [0.717, 1.165) is 25.6 Å². The smallest absolute Gasteiger partial charge is 0.0951 e. The van der Waals surface area contributed by atoms with Gasteiger partial charge in [0, 0.05) is 24.8 Å². The van der Waals surface area contributed by atoms with E-state index in [1.54, 1.807) is 0 Å². The number of ether oxygens (including phenoxy) is 1. The average molecular weight is 263 g/mol. The van der Waals surface area contributed by atoms with Crippen LogP contribution in [0.1, 0.15) is 50.9 Å². The van der Waals surface area contributed by atoms with Gasteiger partial charge in [-0.05, 0) is 31.1 Å². The summed E-state index contributed by atoms with van der Waals surface area (Å²) in [6.07, 6.45) is 7.57. The van der Waals surface area contributed by atoms with Gasteiger partial charge in [0.1, 0.15) is 0 Å². The summed E-state index contributed by atoms with van der Waals surface area (Å²) in [7, 11) is 0. The second-order valence-electron chi connectivity index (χ2n) is 6.36. The fraction of sp³-hybridized carbons (Fsp3) is 0.800. The highest BCUT2D eigenvalue weighted by molar-refractivity contribution is 5.09. The van der Waals surface area contributed by atoms with Crippen molar-refractivity contribution in [1.82, 2.24) is 9.55 Å². The molecule has 0 aromatic carbocycles. The maximum absolute atomic E-state index is 6.45. The minimum atomic E-state index is 0.0631. The quantitative estimate of drug-likeness (QED) is 0.911. The first kappa shape index (κ1) is 13.1. The maximum Gasteiger partial charge on any atom is 0.0951 e. The van der Waals surface area contributed by atoms with E-state index < -0.39 is 0 Å². The molecule has 106 valence electrons. The molecule has 4 heteroatoms. The Kier molecular flexibility index (Phi) is 3.63. The highest BCUT2D eigenvalue weighted by atomic mass is 16.5. The van der Waals surface area contributed by atoms with Gasteiger partial charge in [0.2, 0.25) is 0 Å². The Morgan fingerprint density at radius 3 is 2.84 bits per heavy atom. The van der Waals surface area contributed by atoms with Crippen LogP contribution in [-0.4, -0.2) is 22.8 Å². The van der Waals surface area contributed by atoms with E-state index in [9.17, 15) is 0 Å². The SMILES string of the molecule is CC1CCC(n2cncc2C(N)C2CCOC2)C1C. The lowest BCUT2D eigenvalue weighted by molar-refractivity contribution is 0.179. The van der Waals surface area contributed by atoms with Crippen LogP contribution in [-0.2, 0) is 4.74 Å². The molecule has 4 nitrogen and oxygen atoms in total.